The first-order valence-corrected chi connectivity index (χ1v) is 8.62. The third kappa shape index (κ3) is 4.29. The van der Waals surface area contributed by atoms with Gasteiger partial charge in [0.25, 0.3) is 0 Å². The summed E-state index contributed by atoms with van der Waals surface area (Å²) in [6.07, 6.45) is -0.378. The van der Waals surface area contributed by atoms with E-state index in [0.29, 0.717) is 10.8 Å². The van der Waals surface area contributed by atoms with Gasteiger partial charge in [-0.25, -0.2) is 13.1 Å². The van der Waals surface area contributed by atoms with Crippen LogP contribution in [-0.4, -0.2) is 26.2 Å². The summed E-state index contributed by atoms with van der Waals surface area (Å²) in [5.74, 6) is 0. The molecule has 1 atom stereocenters. The highest BCUT2D eigenvalue weighted by Gasteiger charge is 2.18. The maximum Gasteiger partial charge on any atom is 0.250 e. The molecule has 2 rings (SSSR count). The van der Waals surface area contributed by atoms with Crippen LogP contribution in [0.4, 0.5) is 0 Å². The van der Waals surface area contributed by atoms with Crippen LogP contribution in [0.3, 0.4) is 0 Å². The minimum absolute atomic E-state index is 0.0350. The van der Waals surface area contributed by atoms with Crippen molar-refractivity contribution in [2.24, 2.45) is 0 Å². The van der Waals surface area contributed by atoms with Crippen molar-refractivity contribution in [1.82, 2.24) is 4.72 Å². The summed E-state index contributed by atoms with van der Waals surface area (Å²) in [5.41, 5.74) is 0.957. The second kappa shape index (κ2) is 6.69. The van der Waals surface area contributed by atoms with Gasteiger partial charge in [-0.2, -0.15) is 0 Å². The van der Waals surface area contributed by atoms with Gasteiger partial charge in [-0.1, -0.05) is 41.9 Å². The number of hydrogen-bond donors (Lipinski definition) is 2. The highest BCUT2D eigenvalue weighted by molar-refractivity contribution is 7.91. The minimum Gasteiger partial charge on any atom is -0.391 e. The van der Waals surface area contributed by atoms with Gasteiger partial charge in [-0.05, 0) is 24.1 Å². The number of hydrogen-bond acceptors (Lipinski definition) is 4. The Morgan fingerprint density at radius 1 is 1.20 bits per heavy atom. The standard InChI is InChI=1S/C13H14ClNO3S2/c14-12-6-7-13(19-12)20(17,18)15-9-11(16)8-10-4-2-1-3-5-10/h1-7,11,15-16H,8-9H2. The van der Waals surface area contributed by atoms with Crippen LogP contribution >= 0.6 is 22.9 Å². The van der Waals surface area contributed by atoms with E-state index >= 15 is 0 Å². The Bertz CT molecular complexity index is 655. The van der Waals surface area contributed by atoms with E-state index in [1.807, 2.05) is 30.3 Å². The molecule has 0 aliphatic carbocycles. The smallest absolute Gasteiger partial charge is 0.250 e. The fraction of sp³-hybridized carbons (Fsp3) is 0.231. The third-order valence-electron chi connectivity index (χ3n) is 2.64. The lowest BCUT2D eigenvalue weighted by atomic mass is 10.1. The van der Waals surface area contributed by atoms with E-state index in [1.54, 1.807) is 0 Å². The Hall–Kier alpha value is -0.920. The normalized spacial score (nSPS) is 13.3. The van der Waals surface area contributed by atoms with Crippen molar-refractivity contribution in [3.05, 3.63) is 52.4 Å². The molecule has 0 aliphatic rings. The highest BCUT2D eigenvalue weighted by atomic mass is 35.5. The minimum atomic E-state index is -3.60. The molecule has 0 radical (unpaired) electrons. The average Bonchev–Trinajstić information content (AvgIpc) is 2.85. The Morgan fingerprint density at radius 3 is 2.50 bits per heavy atom. The first-order valence-electron chi connectivity index (χ1n) is 5.94. The van der Waals surface area contributed by atoms with E-state index in [0.717, 1.165) is 16.9 Å². The Morgan fingerprint density at radius 2 is 1.90 bits per heavy atom. The van der Waals surface area contributed by atoms with Crippen molar-refractivity contribution in [1.29, 1.82) is 0 Å². The van der Waals surface area contributed by atoms with E-state index in [9.17, 15) is 13.5 Å². The predicted octanol–water partition coefficient (Wildman–Crippen LogP) is 2.28. The Balaban J connectivity index is 1.91. The molecule has 20 heavy (non-hydrogen) atoms. The van der Waals surface area contributed by atoms with Gasteiger partial charge in [0.05, 0.1) is 10.4 Å². The second-order valence-electron chi connectivity index (χ2n) is 4.25. The summed E-state index contributed by atoms with van der Waals surface area (Å²) in [7, 11) is -3.60. The molecule has 1 aromatic carbocycles. The van der Waals surface area contributed by atoms with Crippen molar-refractivity contribution in [3.8, 4) is 0 Å². The molecular formula is C13H14ClNO3S2. The summed E-state index contributed by atoms with van der Waals surface area (Å²) < 4.78 is 26.8. The molecule has 1 aromatic heterocycles. The Kier molecular flexibility index (Phi) is 5.17. The van der Waals surface area contributed by atoms with Gasteiger partial charge in [0.15, 0.2) is 0 Å². The fourth-order valence-corrected chi connectivity index (χ4v) is 4.28. The quantitative estimate of drug-likeness (QED) is 0.853. The SMILES string of the molecule is O=S(=O)(NCC(O)Cc1ccccc1)c1ccc(Cl)s1. The number of aliphatic hydroxyl groups excluding tert-OH is 1. The molecule has 1 unspecified atom stereocenters. The summed E-state index contributed by atoms with van der Waals surface area (Å²) >= 11 is 6.70. The van der Waals surface area contributed by atoms with Crippen molar-refractivity contribution >= 4 is 33.0 Å². The van der Waals surface area contributed by atoms with Gasteiger partial charge in [0.2, 0.25) is 10.0 Å². The van der Waals surface area contributed by atoms with Crippen LogP contribution in [0.2, 0.25) is 4.34 Å². The molecule has 0 aliphatic heterocycles. The van der Waals surface area contributed by atoms with Gasteiger partial charge < -0.3 is 5.11 Å². The van der Waals surface area contributed by atoms with E-state index in [1.165, 1.54) is 12.1 Å². The number of thiophene rings is 1. The van der Waals surface area contributed by atoms with Crippen molar-refractivity contribution in [2.75, 3.05) is 6.54 Å². The number of sulfonamides is 1. The van der Waals surface area contributed by atoms with Crippen LogP contribution in [0.15, 0.2) is 46.7 Å². The van der Waals surface area contributed by atoms with E-state index in [2.05, 4.69) is 4.72 Å². The summed E-state index contributed by atoms with van der Waals surface area (Å²) in [6, 6.07) is 12.4. The van der Waals surface area contributed by atoms with Crippen molar-refractivity contribution in [3.63, 3.8) is 0 Å². The summed E-state index contributed by atoms with van der Waals surface area (Å²) in [5, 5.41) is 9.87. The lowest BCUT2D eigenvalue weighted by Gasteiger charge is -2.11. The largest absolute Gasteiger partial charge is 0.391 e. The summed E-state index contributed by atoms with van der Waals surface area (Å²) in [4.78, 5) is 0. The molecule has 0 spiro atoms. The van der Waals surface area contributed by atoms with Crippen LogP contribution in [0.1, 0.15) is 5.56 Å². The zero-order chi connectivity index (χ0) is 14.6. The lowest BCUT2D eigenvalue weighted by Crippen LogP contribution is -2.32. The molecule has 0 fully saturated rings. The molecule has 0 saturated heterocycles. The molecule has 0 saturated carbocycles. The van der Waals surface area contributed by atoms with Crippen LogP contribution < -0.4 is 4.72 Å². The van der Waals surface area contributed by atoms with Crippen LogP contribution in [0.5, 0.6) is 0 Å². The van der Waals surface area contributed by atoms with E-state index in [-0.39, 0.29) is 10.8 Å². The highest BCUT2D eigenvalue weighted by Crippen LogP contribution is 2.25. The second-order valence-corrected chi connectivity index (χ2v) is 7.96. The molecule has 0 amide bonds. The third-order valence-corrected chi connectivity index (χ3v) is 5.78. The maximum atomic E-state index is 11.9. The Labute approximate surface area is 127 Å². The average molecular weight is 332 g/mol. The molecule has 1 heterocycles. The predicted molar refractivity (Wildman–Crippen MR) is 80.7 cm³/mol. The number of nitrogens with one attached hydrogen (secondary N) is 1. The monoisotopic (exact) mass is 331 g/mol. The van der Waals surface area contributed by atoms with Crippen LogP contribution in [0.25, 0.3) is 0 Å². The zero-order valence-corrected chi connectivity index (χ0v) is 12.9. The van der Waals surface area contributed by atoms with Gasteiger partial charge in [0, 0.05) is 6.54 Å². The molecule has 108 valence electrons. The number of benzene rings is 1. The number of aliphatic hydroxyl groups is 1. The summed E-state index contributed by atoms with van der Waals surface area (Å²) in [6.45, 7) is -0.0350. The first kappa shape index (κ1) is 15.5. The van der Waals surface area contributed by atoms with E-state index < -0.39 is 16.1 Å². The molecule has 0 bridgehead atoms. The first-order chi connectivity index (χ1) is 9.47. The van der Waals surface area contributed by atoms with Gasteiger partial charge in [-0.15, -0.1) is 11.3 Å². The van der Waals surface area contributed by atoms with Crippen LogP contribution in [0, 0.1) is 0 Å². The van der Waals surface area contributed by atoms with Crippen molar-refractivity contribution < 1.29 is 13.5 Å². The lowest BCUT2D eigenvalue weighted by molar-refractivity contribution is 0.179. The van der Waals surface area contributed by atoms with Crippen molar-refractivity contribution in [2.45, 2.75) is 16.7 Å². The van der Waals surface area contributed by atoms with Gasteiger partial charge in [0.1, 0.15) is 4.21 Å². The van der Waals surface area contributed by atoms with Crippen LogP contribution in [-0.2, 0) is 16.4 Å². The zero-order valence-electron chi connectivity index (χ0n) is 10.5. The molecule has 2 aromatic rings. The molecule has 4 nitrogen and oxygen atoms in total. The van der Waals surface area contributed by atoms with E-state index in [4.69, 9.17) is 11.6 Å². The number of halogens is 1. The van der Waals surface area contributed by atoms with Gasteiger partial charge in [-0.3, -0.25) is 0 Å². The topological polar surface area (TPSA) is 66.4 Å². The molecule has 2 N–H and O–H groups in total. The molecular weight excluding hydrogens is 318 g/mol. The fourth-order valence-electron chi connectivity index (χ4n) is 1.68. The maximum absolute atomic E-state index is 11.9. The van der Waals surface area contributed by atoms with Gasteiger partial charge >= 0.3 is 0 Å². The number of rotatable bonds is 6. The molecule has 7 heteroatoms.